The van der Waals surface area contributed by atoms with Gasteiger partial charge in [0.2, 0.25) is 0 Å². The fourth-order valence-electron chi connectivity index (χ4n) is 2.59. The molecule has 4 nitrogen and oxygen atoms in total. The lowest BCUT2D eigenvalue weighted by molar-refractivity contribution is 0.282. The van der Waals surface area contributed by atoms with Gasteiger partial charge in [-0.2, -0.15) is 0 Å². The monoisotopic (exact) mass is 337 g/mol. The highest BCUT2D eigenvalue weighted by Crippen LogP contribution is 2.27. The number of nitrogens with zero attached hydrogens (tertiary/aromatic N) is 1. The van der Waals surface area contributed by atoms with Gasteiger partial charge in [-0.3, -0.25) is 0 Å². The van der Waals surface area contributed by atoms with Gasteiger partial charge in [0.25, 0.3) is 0 Å². The molecule has 0 radical (unpaired) electrons. The number of hydrogen-bond acceptors (Lipinski definition) is 4. The summed E-state index contributed by atoms with van der Waals surface area (Å²) in [5.74, 6) is 1.60. The number of aliphatic hydroxyl groups is 1. The van der Waals surface area contributed by atoms with Gasteiger partial charge in [0.05, 0.1) is 13.2 Å². The van der Waals surface area contributed by atoms with E-state index >= 15 is 0 Å². The Morgan fingerprint density at radius 1 is 0.960 bits per heavy atom. The van der Waals surface area contributed by atoms with Crippen LogP contribution in [0, 0.1) is 0 Å². The molecule has 1 N–H and O–H groups in total. The van der Waals surface area contributed by atoms with Crippen molar-refractivity contribution in [2.75, 3.05) is 6.61 Å². The van der Waals surface area contributed by atoms with Crippen molar-refractivity contribution in [2.45, 2.75) is 32.8 Å². The molecule has 0 unspecified atom stereocenters. The molecule has 1 aromatic heterocycles. The van der Waals surface area contributed by atoms with Crippen LogP contribution in [0.1, 0.15) is 31.7 Å². The van der Waals surface area contributed by atoms with E-state index in [1.54, 1.807) is 0 Å². The van der Waals surface area contributed by atoms with Gasteiger partial charge in [0.15, 0.2) is 5.76 Å². The molecule has 4 heteroatoms. The molecule has 0 aliphatic carbocycles. The van der Waals surface area contributed by atoms with Crippen molar-refractivity contribution in [3.05, 3.63) is 60.2 Å². The highest BCUT2D eigenvalue weighted by atomic mass is 16.5. The molecule has 0 bridgehead atoms. The quantitative estimate of drug-likeness (QED) is 0.583. The molecule has 2 aromatic carbocycles. The lowest BCUT2D eigenvalue weighted by Gasteiger charge is -2.05. The van der Waals surface area contributed by atoms with Crippen LogP contribution in [-0.4, -0.2) is 16.9 Å². The van der Waals surface area contributed by atoms with Gasteiger partial charge < -0.3 is 14.4 Å². The topological polar surface area (TPSA) is 55.5 Å². The lowest BCUT2D eigenvalue weighted by Crippen LogP contribution is -1.96. The van der Waals surface area contributed by atoms with Gasteiger partial charge in [-0.1, -0.05) is 49.2 Å². The van der Waals surface area contributed by atoms with E-state index in [9.17, 15) is 0 Å². The third-order valence-electron chi connectivity index (χ3n) is 4.10. The van der Waals surface area contributed by atoms with E-state index in [0.717, 1.165) is 46.9 Å². The Balaban J connectivity index is 1.67. The normalized spacial score (nSPS) is 10.8. The smallest absolute Gasteiger partial charge is 0.167 e. The molecule has 1 heterocycles. The molecule has 0 amide bonds. The Labute approximate surface area is 148 Å². The highest BCUT2D eigenvalue weighted by molar-refractivity contribution is 5.67. The molecule has 3 aromatic rings. The number of aromatic nitrogens is 1. The Morgan fingerprint density at radius 3 is 2.36 bits per heavy atom. The number of benzene rings is 2. The lowest BCUT2D eigenvalue weighted by atomic mass is 10.1. The minimum Gasteiger partial charge on any atom is -0.494 e. The predicted octanol–water partition coefficient (Wildman–Crippen LogP) is 5.07. The van der Waals surface area contributed by atoms with E-state index in [-0.39, 0.29) is 6.61 Å². The van der Waals surface area contributed by atoms with Crippen molar-refractivity contribution in [1.82, 2.24) is 5.16 Å². The zero-order valence-electron chi connectivity index (χ0n) is 14.4. The van der Waals surface area contributed by atoms with Crippen molar-refractivity contribution in [2.24, 2.45) is 0 Å². The Hall–Kier alpha value is -2.59. The molecule has 0 fully saturated rings. The molecule has 0 spiro atoms. The number of unbranched alkanes of at least 4 members (excludes halogenated alkanes) is 2. The molecular weight excluding hydrogens is 314 g/mol. The third kappa shape index (κ3) is 4.48. The summed E-state index contributed by atoms with van der Waals surface area (Å²) in [6, 6.07) is 17.4. The second-order valence-electron chi connectivity index (χ2n) is 6.01. The number of aliphatic hydroxyl groups excluding tert-OH is 1. The second-order valence-corrected chi connectivity index (χ2v) is 6.01. The van der Waals surface area contributed by atoms with Gasteiger partial charge >= 0.3 is 0 Å². The highest BCUT2D eigenvalue weighted by Gasteiger charge is 2.09. The van der Waals surface area contributed by atoms with E-state index in [1.165, 1.54) is 12.8 Å². The van der Waals surface area contributed by atoms with Crippen LogP contribution in [0.5, 0.6) is 5.75 Å². The van der Waals surface area contributed by atoms with Crippen LogP contribution < -0.4 is 4.74 Å². The van der Waals surface area contributed by atoms with Crippen LogP contribution in [0.4, 0.5) is 0 Å². The summed E-state index contributed by atoms with van der Waals surface area (Å²) in [4.78, 5) is 0. The van der Waals surface area contributed by atoms with E-state index in [4.69, 9.17) is 14.4 Å². The maximum atomic E-state index is 9.11. The Bertz CT molecular complexity index is 776. The average Bonchev–Trinajstić information content (AvgIpc) is 3.16. The summed E-state index contributed by atoms with van der Waals surface area (Å²) in [6.07, 6.45) is 3.47. The third-order valence-corrected chi connectivity index (χ3v) is 4.10. The Kier molecular flexibility index (Phi) is 5.86. The van der Waals surface area contributed by atoms with Crippen molar-refractivity contribution in [1.29, 1.82) is 0 Å². The molecule has 0 aliphatic heterocycles. The first-order valence-corrected chi connectivity index (χ1v) is 8.70. The Morgan fingerprint density at radius 2 is 1.68 bits per heavy atom. The summed E-state index contributed by atoms with van der Waals surface area (Å²) in [5.41, 5.74) is 3.58. The van der Waals surface area contributed by atoms with E-state index in [2.05, 4.69) is 12.1 Å². The summed E-state index contributed by atoms with van der Waals surface area (Å²) in [6.45, 7) is 2.97. The van der Waals surface area contributed by atoms with Crippen molar-refractivity contribution < 1.29 is 14.4 Å². The van der Waals surface area contributed by atoms with Crippen molar-refractivity contribution in [3.8, 4) is 28.3 Å². The first kappa shape index (κ1) is 17.2. The van der Waals surface area contributed by atoms with Gasteiger partial charge in [0, 0.05) is 17.2 Å². The van der Waals surface area contributed by atoms with Crippen LogP contribution in [0.2, 0.25) is 0 Å². The molecular formula is C21H23NO3. The summed E-state index contributed by atoms with van der Waals surface area (Å²) >= 11 is 0. The summed E-state index contributed by atoms with van der Waals surface area (Å²) < 4.78 is 11.2. The number of ether oxygens (including phenoxy) is 1. The SMILES string of the molecule is CCCCCOc1ccc(-c2cc(-c3ccc(CO)cc3)no2)cc1. The maximum absolute atomic E-state index is 9.11. The molecule has 25 heavy (non-hydrogen) atoms. The van der Waals surface area contributed by atoms with Crippen LogP contribution in [-0.2, 0) is 6.61 Å². The summed E-state index contributed by atoms with van der Waals surface area (Å²) in [7, 11) is 0. The first-order valence-electron chi connectivity index (χ1n) is 8.70. The van der Waals surface area contributed by atoms with E-state index in [0.29, 0.717) is 0 Å². The molecule has 3 rings (SSSR count). The van der Waals surface area contributed by atoms with Crippen molar-refractivity contribution >= 4 is 0 Å². The van der Waals surface area contributed by atoms with Crippen LogP contribution in [0.3, 0.4) is 0 Å². The standard InChI is InChI=1S/C21H23NO3/c1-2-3-4-13-24-19-11-9-18(10-12-19)21-14-20(22-25-21)17-7-5-16(15-23)6-8-17/h5-12,14,23H,2-4,13,15H2,1H3. The average molecular weight is 337 g/mol. The second kappa shape index (κ2) is 8.49. The molecule has 130 valence electrons. The first-order chi connectivity index (χ1) is 12.3. The minimum atomic E-state index is 0.0389. The largest absolute Gasteiger partial charge is 0.494 e. The molecule has 0 atom stereocenters. The molecule has 0 saturated carbocycles. The van der Waals surface area contributed by atoms with Gasteiger partial charge in [-0.05, 0) is 36.2 Å². The van der Waals surface area contributed by atoms with Gasteiger partial charge in [-0.25, -0.2) is 0 Å². The maximum Gasteiger partial charge on any atom is 0.167 e. The van der Waals surface area contributed by atoms with Crippen LogP contribution in [0.25, 0.3) is 22.6 Å². The van der Waals surface area contributed by atoms with E-state index < -0.39 is 0 Å². The van der Waals surface area contributed by atoms with Crippen LogP contribution >= 0.6 is 0 Å². The number of hydrogen-bond donors (Lipinski definition) is 1. The van der Waals surface area contributed by atoms with Crippen molar-refractivity contribution in [3.63, 3.8) is 0 Å². The molecule has 0 saturated heterocycles. The van der Waals surface area contributed by atoms with Gasteiger partial charge in [0.1, 0.15) is 11.4 Å². The zero-order valence-corrected chi connectivity index (χ0v) is 14.4. The van der Waals surface area contributed by atoms with Gasteiger partial charge in [-0.15, -0.1) is 0 Å². The van der Waals surface area contributed by atoms with Crippen LogP contribution in [0.15, 0.2) is 59.1 Å². The fraction of sp³-hybridized carbons (Fsp3) is 0.286. The molecule has 0 aliphatic rings. The predicted molar refractivity (Wildman–Crippen MR) is 98.3 cm³/mol. The van der Waals surface area contributed by atoms with E-state index in [1.807, 2.05) is 54.6 Å². The zero-order chi connectivity index (χ0) is 17.5. The fourth-order valence-corrected chi connectivity index (χ4v) is 2.59. The number of rotatable bonds is 8. The minimum absolute atomic E-state index is 0.0389. The summed E-state index contributed by atoms with van der Waals surface area (Å²) in [5, 5.41) is 13.3.